The van der Waals surface area contributed by atoms with Crippen molar-refractivity contribution in [2.45, 2.75) is 26.8 Å². The fraction of sp³-hybridized carbons (Fsp3) is 0.438. The van der Waals surface area contributed by atoms with Crippen molar-refractivity contribution >= 4 is 29.9 Å². The van der Waals surface area contributed by atoms with Gasteiger partial charge in [-0.1, -0.05) is 13.8 Å². The first-order chi connectivity index (χ1) is 10.2. The Bertz CT molecular complexity index is 522. The summed E-state index contributed by atoms with van der Waals surface area (Å²) in [6.07, 6.45) is 4.19. The summed E-state index contributed by atoms with van der Waals surface area (Å²) in [6.45, 7) is 6.52. The van der Waals surface area contributed by atoms with Gasteiger partial charge in [-0.2, -0.15) is 0 Å². The van der Waals surface area contributed by atoms with Crippen molar-refractivity contribution in [2.75, 3.05) is 13.1 Å². The van der Waals surface area contributed by atoms with Gasteiger partial charge in [0.15, 0.2) is 5.96 Å². The number of hydrogen-bond donors (Lipinski definition) is 2. The second kappa shape index (κ2) is 10.3. The number of aliphatic imine (C=N–C) groups is 1. The zero-order valence-corrected chi connectivity index (χ0v) is 15.4. The van der Waals surface area contributed by atoms with E-state index in [0.717, 1.165) is 37.0 Å². The van der Waals surface area contributed by atoms with Crippen LogP contribution >= 0.6 is 24.0 Å². The van der Waals surface area contributed by atoms with Gasteiger partial charge in [0, 0.05) is 19.5 Å². The van der Waals surface area contributed by atoms with Crippen LogP contribution in [0.5, 0.6) is 0 Å². The Morgan fingerprint density at radius 2 is 1.77 bits per heavy atom. The molecule has 0 unspecified atom stereocenters. The first-order valence-electron chi connectivity index (χ1n) is 7.31. The molecule has 2 N–H and O–H groups in total. The van der Waals surface area contributed by atoms with Crippen LogP contribution in [0.25, 0.3) is 0 Å². The Balaban J connectivity index is 0.00000242. The highest BCUT2D eigenvalue weighted by Gasteiger charge is 2.02. The van der Waals surface area contributed by atoms with Crippen LogP contribution in [0.1, 0.15) is 25.4 Å². The van der Waals surface area contributed by atoms with Crippen molar-refractivity contribution in [2.24, 2.45) is 10.9 Å². The van der Waals surface area contributed by atoms with Crippen molar-refractivity contribution in [1.82, 2.24) is 10.6 Å². The van der Waals surface area contributed by atoms with E-state index < -0.39 is 0 Å². The van der Waals surface area contributed by atoms with Crippen molar-refractivity contribution in [1.29, 1.82) is 0 Å². The molecule has 2 aromatic rings. The monoisotopic (exact) mass is 417 g/mol. The summed E-state index contributed by atoms with van der Waals surface area (Å²) in [6, 6.07) is 7.67. The molecule has 0 aliphatic carbocycles. The Kier molecular flexibility index (Phi) is 8.72. The summed E-state index contributed by atoms with van der Waals surface area (Å²) in [5.41, 5.74) is 0. The van der Waals surface area contributed by atoms with Gasteiger partial charge in [0.05, 0.1) is 12.5 Å². The maximum Gasteiger partial charge on any atom is 0.191 e. The molecule has 5 nitrogen and oxygen atoms in total. The molecule has 0 spiro atoms. The third kappa shape index (κ3) is 7.02. The minimum Gasteiger partial charge on any atom is -0.469 e. The molecule has 2 aromatic heterocycles. The van der Waals surface area contributed by atoms with Gasteiger partial charge in [-0.15, -0.1) is 24.0 Å². The zero-order chi connectivity index (χ0) is 14.9. The van der Waals surface area contributed by atoms with Crippen LogP contribution in [0, 0.1) is 5.92 Å². The molecule has 22 heavy (non-hydrogen) atoms. The van der Waals surface area contributed by atoms with E-state index in [4.69, 9.17) is 8.83 Å². The van der Waals surface area contributed by atoms with Gasteiger partial charge in [0.2, 0.25) is 0 Å². The Morgan fingerprint density at radius 3 is 2.36 bits per heavy atom. The molecule has 0 fully saturated rings. The van der Waals surface area contributed by atoms with Crippen LogP contribution in [-0.4, -0.2) is 19.0 Å². The van der Waals surface area contributed by atoms with Crippen LogP contribution < -0.4 is 10.6 Å². The highest BCUT2D eigenvalue weighted by atomic mass is 127. The Hall–Kier alpha value is -1.44. The van der Waals surface area contributed by atoms with E-state index in [0.29, 0.717) is 12.5 Å². The summed E-state index contributed by atoms with van der Waals surface area (Å²) in [4.78, 5) is 4.53. The number of nitrogens with zero attached hydrogens (tertiary/aromatic N) is 1. The first kappa shape index (κ1) is 18.6. The summed E-state index contributed by atoms with van der Waals surface area (Å²) in [5, 5.41) is 6.64. The molecular formula is C16H24IN3O2. The van der Waals surface area contributed by atoms with Crippen LogP contribution in [0.3, 0.4) is 0 Å². The van der Waals surface area contributed by atoms with E-state index in [1.54, 1.807) is 12.5 Å². The third-order valence-electron chi connectivity index (χ3n) is 2.89. The molecule has 0 radical (unpaired) electrons. The fourth-order valence-electron chi connectivity index (χ4n) is 1.79. The second-order valence-electron chi connectivity index (χ2n) is 5.28. The highest BCUT2D eigenvalue weighted by molar-refractivity contribution is 14.0. The van der Waals surface area contributed by atoms with Crippen molar-refractivity contribution in [3.8, 4) is 0 Å². The van der Waals surface area contributed by atoms with E-state index in [1.165, 1.54) is 0 Å². The van der Waals surface area contributed by atoms with Gasteiger partial charge in [-0.05, 0) is 30.2 Å². The lowest BCUT2D eigenvalue weighted by Gasteiger charge is -2.13. The molecule has 0 amide bonds. The van der Waals surface area contributed by atoms with Crippen molar-refractivity contribution in [3.63, 3.8) is 0 Å². The van der Waals surface area contributed by atoms with Crippen molar-refractivity contribution < 1.29 is 8.83 Å². The molecule has 2 heterocycles. The number of hydrogen-bond acceptors (Lipinski definition) is 3. The molecule has 122 valence electrons. The summed E-state index contributed by atoms with van der Waals surface area (Å²) in [5.74, 6) is 3.18. The normalized spacial score (nSPS) is 11.3. The average molecular weight is 417 g/mol. The third-order valence-corrected chi connectivity index (χ3v) is 2.89. The summed E-state index contributed by atoms with van der Waals surface area (Å²) >= 11 is 0. The lowest BCUT2D eigenvalue weighted by molar-refractivity contribution is 0.504. The zero-order valence-electron chi connectivity index (χ0n) is 13.0. The maximum atomic E-state index is 5.32. The van der Waals surface area contributed by atoms with Gasteiger partial charge >= 0.3 is 0 Å². The van der Waals surface area contributed by atoms with Crippen LogP contribution in [0.2, 0.25) is 0 Å². The number of guanidine groups is 1. The average Bonchev–Trinajstić information content (AvgIpc) is 3.14. The van der Waals surface area contributed by atoms with E-state index in [9.17, 15) is 0 Å². The minimum atomic E-state index is 0. The fourth-order valence-corrected chi connectivity index (χ4v) is 1.79. The molecule has 6 heteroatoms. The molecule has 0 aliphatic rings. The van der Waals surface area contributed by atoms with Gasteiger partial charge in [-0.3, -0.25) is 0 Å². The Labute approximate surface area is 148 Å². The molecule has 0 bridgehead atoms. The number of furan rings is 2. The van der Waals surface area contributed by atoms with E-state index in [2.05, 4.69) is 29.5 Å². The van der Waals surface area contributed by atoms with E-state index >= 15 is 0 Å². The van der Waals surface area contributed by atoms with E-state index in [-0.39, 0.29) is 24.0 Å². The van der Waals surface area contributed by atoms with Crippen LogP contribution in [0.4, 0.5) is 0 Å². The van der Waals surface area contributed by atoms with Crippen LogP contribution in [-0.2, 0) is 13.0 Å². The molecule has 0 aliphatic heterocycles. The Morgan fingerprint density at radius 1 is 1.09 bits per heavy atom. The second-order valence-corrected chi connectivity index (χ2v) is 5.28. The van der Waals surface area contributed by atoms with Crippen molar-refractivity contribution in [3.05, 3.63) is 48.3 Å². The summed E-state index contributed by atoms with van der Waals surface area (Å²) in [7, 11) is 0. The quantitative estimate of drug-likeness (QED) is 0.412. The van der Waals surface area contributed by atoms with Gasteiger partial charge in [0.25, 0.3) is 0 Å². The van der Waals surface area contributed by atoms with Gasteiger partial charge < -0.3 is 19.5 Å². The number of nitrogens with one attached hydrogen (secondary N) is 2. The standard InChI is InChI=1S/C16H23N3O2.HI/c1-13(2)11-18-16(19-12-15-6-4-10-21-15)17-8-7-14-5-3-9-20-14;/h3-6,9-10,13H,7-8,11-12H2,1-2H3,(H2,17,18,19);1H. The topological polar surface area (TPSA) is 62.7 Å². The smallest absolute Gasteiger partial charge is 0.191 e. The molecule has 0 saturated heterocycles. The maximum absolute atomic E-state index is 5.32. The van der Waals surface area contributed by atoms with Gasteiger partial charge in [-0.25, -0.2) is 4.99 Å². The molecule has 0 saturated carbocycles. The SMILES string of the molecule is CC(C)CNC(=NCc1ccco1)NCCc1ccco1.I. The lowest BCUT2D eigenvalue weighted by atomic mass is 10.2. The minimum absolute atomic E-state index is 0. The lowest BCUT2D eigenvalue weighted by Crippen LogP contribution is -2.40. The predicted octanol–water partition coefficient (Wildman–Crippen LogP) is 3.42. The van der Waals surface area contributed by atoms with Crippen LogP contribution in [0.15, 0.2) is 50.6 Å². The largest absolute Gasteiger partial charge is 0.469 e. The molecule has 0 aromatic carbocycles. The summed E-state index contributed by atoms with van der Waals surface area (Å²) < 4.78 is 10.6. The highest BCUT2D eigenvalue weighted by Crippen LogP contribution is 2.02. The molecule has 2 rings (SSSR count). The number of halogens is 1. The molecule has 0 atom stereocenters. The first-order valence-corrected chi connectivity index (χ1v) is 7.31. The number of rotatable bonds is 7. The van der Waals surface area contributed by atoms with E-state index in [1.807, 2.05) is 24.3 Å². The predicted molar refractivity (Wildman–Crippen MR) is 98.5 cm³/mol. The van der Waals surface area contributed by atoms with Gasteiger partial charge in [0.1, 0.15) is 18.1 Å². The molecular weight excluding hydrogens is 393 g/mol.